The summed E-state index contributed by atoms with van der Waals surface area (Å²) in [7, 11) is 1.81. The molecule has 1 aromatic rings. The number of benzene rings is 1. The van der Waals surface area contributed by atoms with Crippen LogP contribution < -0.4 is 5.73 Å². The maximum absolute atomic E-state index is 12.3. The summed E-state index contributed by atoms with van der Waals surface area (Å²) in [6, 6.07) is 5.61. The van der Waals surface area contributed by atoms with Crippen LogP contribution in [0.2, 0.25) is 10.0 Å². The van der Waals surface area contributed by atoms with E-state index in [9.17, 15) is 4.79 Å². The molecule has 0 heterocycles. The number of halogens is 2. The van der Waals surface area contributed by atoms with Crippen molar-refractivity contribution in [1.82, 2.24) is 4.90 Å². The Kier molecular flexibility index (Phi) is 4.71. The smallest absolute Gasteiger partial charge is 0.225 e. The Morgan fingerprint density at radius 3 is 2.68 bits per heavy atom. The summed E-state index contributed by atoms with van der Waals surface area (Å²) in [6.07, 6.45) is 2.63. The molecular formula is C14H18Cl2N2O. The van der Waals surface area contributed by atoms with E-state index in [1.54, 1.807) is 17.0 Å². The lowest BCUT2D eigenvalue weighted by Gasteiger charge is -2.21. The topological polar surface area (TPSA) is 46.3 Å². The van der Waals surface area contributed by atoms with Gasteiger partial charge < -0.3 is 10.6 Å². The number of rotatable bonds is 3. The van der Waals surface area contributed by atoms with E-state index in [0.717, 1.165) is 24.8 Å². The van der Waals surface area contributed by atoms with E-state index >= 15 is 0 Å². The largest absolute Gasteiger partial charge is 0.341 e. The molecule has 104 valence electrons. The van der Waals surface area contributed by atoms with E-state index in [1.807, 2.05) is 13.1 Å². The second-order valence-corrected chi connectivity index (χ2v) is 6.03. The number of nitrogens with two attached hydrogens (primary N) is 1. The zero-order chi connectivity index (χ0) is 14.0. The van der Waals surface area contributed by atoms with Crippen LogP contribution >= 0.6 is 23.2 Å². The molecule has 0 bridgehead atoms. The highest BCUT2D eigenvalue weighted by atomic mass is 35.5. The van der Waals surface area contributed by atoms with Crippen LogP contribution in [0.1, 0.15) is 24.8 Å². The summed E-state index contributed by atoms with van der Waals surface area (Å²) in [6.45, 7) is 0.543. The van der Waals surface area contributed by atoms with E-state index in [0.29, 0.717) is 16.6 Å². The van der Waals surface area contributed by atoms with Crippen molar-refractivity contribution >= 4 is 29.1 Å². The van der Waals surface area contributed by atoms with Gasteiger partial charge in [0.15, 0.2) is 0 Å². The molecule has 19 heavy (non-hydrogen) atoms. The summed E-state index contributed by atoms with van der Waals surface area (Å²) in [5, 5.41) is 1.05. The van der Waals surface area contributed by atoms with Gasteiger partial charge in [0, 0.05) is 25.6 Å². The maximum atomic E-state index is 12.3. The Bertz CT molecular complexity index is 479. The molecule has 3 nitrogen and oxygen atoms in total. The van der Waals surface area contributed by atoms with E-state index in [-0.39, 0.29) is 17.9 Å². The lowest BCUT2D eigenvalue weighted by Crippen LogP contribution is -2.32. The van der Waals surface area contributed by atoms with Gasteiger partial charge in [-0.1, -0.05) is 29.3 Å². The van der Waals surface area contributed by atoms with Crippen LogP contribution in [-0.4, -0.2) is 23.9 Å². The van der Waals surface area contributed by atoms with Gasteiger partial charge in [0.25, 0.3) is 0 Å². The third-order valence-corrected chi connectivity index (χ3v) is 4.34. The second kappa shape index (κ2) is 6.12. The fraction of sp³-hybridized carbons (Fsp3) is 0.500. The van der Waals surface area contributed by atoms with Crippen LogP contribution in [0.4, 0.5) is 0 Å². The van der Waals surface area contributed by atoms with Gasteiger partial charge in [0.1, 0.15) is 0 Å². The lowest BCUT2D eigenvalue weighted by atomic mass is 10.1. The highest BCUT2D eigenvalue weighted by Gasteiger charge is 2.29. The third kappa shape index (κ3) is 3.62. The lowest BCUT2D eigenvalue weighted by molar-refractivity contribution is -0.134. The molecule has 0 spiro atoms. The quantitative estimate of drug-likeness (QED) is 0.932. The zero-order valence-electron chi connectivity index (χ0n) is 10.9. The summed E-state index contributed by atoms with van der Waals surface area (Å²) in [5.41, 5.74) is 6.83. The van der Waals surface area contributed by atoms with Gasteiger partial charge in [-0.3, -0.25) is 4.79 Å². The Balaban J connectivity index is 1.98. The van der Waals surface area contributed by atoms with Crippen LogP contribution in [0.5, 0.6) is 0 Å². The summed E-state index contributed by atoms with van der Waals surface area (Å²) >= 11 is 11.8. The van der Waals surface area contributed by atoms with Gasteiger partial charge in [0.05, 0.1) is 10.0 Å². The maximum Gasteiger partial charge on any atom is 0.225 e. The molecule has 2 N–H and O–H groups in total. The number of hydrogen-bond acceptors (Lipinski definition) is 2. The first kappa shape index (κ1) is 14.6. The van der Waals surface area contributed by atoms with E-state index < -0.39 is 0 Å². The molecule has 5 heteroatoms. The third-order valence-electron chi connectivity index (χ3n) is 3.60. The van der Waals surface area contributed by atoms with Crippen LogP contribution in [0.25, 0.3) is 0 Å². The van der Waals surface area contributed by atoms with E-state index in [1.165, 1.54) is 0 Å². The van der Waals surface area contributed by atoms with Crippen LogP contribution in [0.15, 0.2) is 18.2 Å². The molecular weight excluding hydrogens is 283 g/mol. The van der Waals surface area contributed by atoms with Crippen LogP contribution in [0, 0.1) is 5.92 Å². The predicted molar refractivity (Wildman–Crippen MR) is 78.3 cm³/mol. The molecule has 0 radical (unpaired) electrons. The molecule has 0 saturated heterocycles. The Hall–Kier alpha value is -0.770. The first-order valence-corrected chi connectivity index (χ1v) is 7.17. The van der Waals surface area contributed by atoms with Gasteiger partial charge in [-0.05, 0) is 37.0 Å². The molecule has 0 aliphatic heterocycles. The van der Waals surface area contributed by atoms with Crippen molar-refractivity contribution < 1.29 is 4.79 Å². The summed E-state index contributed by atoms with van der Waals surface area (Å²) < 4.78 is 0. The normalized spacial score (nSPS) is 22.5. The number of hydrogen-bond donors (Lipinski definition) is 1. The van der Waals surface area contributed by atoms with Gasteiger partial charge in [-0.2, -0.15) is 0 Å². The van der Waals surface area contributed by atoms with Crippen molar-refractivity contribution in [3.05, 3.63) is 33.8 Å². The molecule has 1 fully saturated rings. The molecule has 1 aromatic carbocycles. The van der Waals surface area contributed by atoms with E-state index in [4.69, 9.17) is 28.9 Å². The fourth-order valence-electron chi connectivity index (χ4n) is 2.54. The molecule has 1 aliphatic carbocycles. The number of carbonyl (C=O) groups is 1. The molecule has 1 saturated carbocycles. The summed E-state index contributed by atoms with van der Waals surface area (Å²) in [4.78, 5) is 14.0. The highest BCUT2D eigenvalue weighted by molar-refractivity contribution is 6.42. The number of amides is 1. The van der Waals surface area contributed by atoms with Crippen molar-refractivity contribution in [3.63, 3.8) is 0 Å². The Morgan fingerprint density at radius 1 is 1.37 bits per heavy atom. The second-order valence-electron chi connectivity index (χ2n) is 5.21. The van der Waals surface area contributed by atoms with Crippen molar-refractivity contribution in [3.8, 4) is 0 Å². The Labute approximate surface area is 123 Å². The van der Waals surface area contributed by atoms with Crippen molar-refractivity contribution in [2.75, 3.05) is 7.05 Å². The van der Waals surface area contributed by atoms with Gasteiger partial charge >= 0.3 is 0 Å². The monoisotopic (exact) mass is 300 g/mol. The molecule has 2 unspecified atom stereocenters. The first-order chi connectivity index (χ1) is 8.97. The number of nitrogens with zero attached hydrogens (tertiary/aromatic N) is 1. The van der Waals surface area contributed by atoms with Gasteiger partial charge in [-0.25, -0.2) is 0 Å². The van der Waals surface area contributed by atoms with Gasteiger partial charge in [0.2, 0.25) is 5.91 Å². The standard InChI is InChI=1S/C14H18Cl2N2O/c1-18(14(19)10-3-4-11(17)7-10)8-9-2-5-12(15)13(16)6-9/h2,5-6,10-11H,3-4,7-8,17H2,1H3. The van der Waals surface area contributed by atoms with Crippen LogP contribution in [-0.2, 0) is 11.3 Å². The van der Waals surface area contributed by atoms with Gasteiger partial charge in [-0.15, -0.1) is 0 Å². The molecule has 1 amide bonds. The molecule has 0 aromatic heterocycles. The average molecular weight is 301 g/mol. The molecule has 2 atom stereocenters. The van der Waals surface area contributed by atoms with Crippen molar-refractivity contribution in [1.29, 1.82) is 0 Å². The minimum atomic E-state index is 0.0720. The SMILES string of the molecule is CN(Cc1ccc(Cl)c(Cl)c1)C(=O)C1CCC(N)C1. The molecule has 2 rings (SSSR count). The minimum Gasteiger partial charge on any atom is -0.341 e. The van der Waals surface area contributed by atoms with Crippen LogP contribution in [0.3, 0.4) is 0 Å². The number of carbonyl (C=O) groups excluding carboxylic acids is 1. The predicted octanol–water partition coefficient (Wildman–Crippen LogP) is 3.08. The van der Waals surface area contributed by atoms with E-state index in [2.05, 4.69) is 0 Å². The Morgan fingerprint density at radius 2 is 2.11 bits per heavy atom. The minimum absolute atomic E-state index is 0.0720. The zero-order valence-corrected chi connectivity index (χ0v) is 12.4. The van der Waals surface area contributed by atoms with Crippen molar-refractivity contribution in [2.24, 2.45) is 11.7 Å². The first-order valence-electron chi connectivity index (χ1n) is 6.42. The summed E-state index contributed by atoms with van der Waals surface area (Å²) in [5.74, 6) is 0.238. The fourth-order valence-corrected chi connectivity index (χ4v) is 2.86. The molecule has 1 aliphatic rings. The highest BCUT2D eigenvalue weighted by Crippen LogP contribution is 2.27. The van der Waals surface area contributed by atoms with Crippen molar-refractivity contribution in [2.45, 2.75) is 31.8 Å². The average Bonchev–Trinajstić information content (AvgIpc) is 2.79.